The van der Waals surface area contributed by atoms with Crippen LogP contribution in [0.4, 0.5) is 15.3 Å². The first-order chi connectivity index (χ1) is 22.8. The zero-order valence-electron chi connectivity index (χ0n) is 26.2. The number of nitrogens with two attached hydrogens (primary N) is 3. The summed E-state index contributed by atoms with van der Waals surface area (Å²) < 4.78 is 61.3. The monoisotopic (exact) mass is 746 g/mol. The van der Waals surface area contributed by atoms with E-state index in [0.29, 0.717) is 36.0 Å². The third kappa shape index (κ3) is 8.25. The van der Waals surface area contributed by atoms with Gasteiger partial charge in [-0.15, -0.1) is 9.36 Å². The van der Waals surface area contributed by atoms with E-state index < -0.39 is 70.2 Å². The lowest BCUT2D eigenvalue weighted by Gasteiger charge is -2.51. The number of hydroxylamine groups is 2. The highest BCUT2D eigenvalue weighted by molar-refractivity contribution is 7.80. The van der Waals surface area contributed by atoms with E-state index in [1.165, 1.54) is 26.0 Å². The molecule has 7 N–H and O–H groups in total. The van der Waals surface area contributed by atoms with E-state index in [-0.39, 0.29) is 26.5 Å². The Balaban J connectivity index is 1.51. The second-order valence-corrected chi connectivity index (χ2v) is 13.8. The van der Waals surface area contributed by atoms with Crippen LogP contribution in [0.5, 0.6) is 5.75 Å². The predicted octanol–water partition coefficient (Wildman–Crippen LogP) is 0.583. The molecule has 0 saturated carbocycles. The smallest absolute Gasteiger partial charge is 0.351 e. The molecule has 1 saturated heterocycles. The molecule has 0 radical (unpaired) electrons. The Labute approximate surface area is 287 Å². The number of carbonyl (C=O) groups is 3. The molecule has 2 atom stereocenters. The van der Waals surface area contributed by atoms with Crippen molar-refractivity contribution >= 4 is 67.7 Å². The average molecular weight is 747 g/mol. The van der Waals surface area contributed by atoms with Crippen LogP contribution < -0.4 is 26.6 Å². The number of hydrogen-bond acceptors (Lipinski definition) is 15. The van der Waals surface area contributed by atoms with Gasteiger partial charge in [0.15, 0.2) is 29.0 Å². The van der Waals surface area contributed by atoms with Gasteiger partial charge in [-0.25, -0.2) is 22.6 Å². The number of amides is 1. The summed E-state index contributed by atoms with van der Waals surface area (Å²) in [6.07, 6.45) is -0.114. The number of rotatable bonds is 16. The number of halogens is 2. The number of β-lactam (4-membered cyclic amide) rings is 1. The second-order valence-electron chi connectivity index (χ2n) is 11.2. The van der Waals surface area contributed by atoms with Crippen LogP contribution in [0.3, 0.4) is 0 Å². The van der Waals surface area contributed by atoms with Crippen LogP contribution in [0, 0.1) is 11.7 Å². The highest BCUT2D eigenvalue weighted by Gasteiger charge is 2.57. The minimum atomic E-state index is -5.29. The zero-order chi connectivity index (χ0) is 36.4. The Bertz CT molecular complexity index is 1920. The Morgan fingerprint density at radius 1 is 1.31 bits per heavy atom. The number of nitrogen functional groups attached to an aromatic ring is 2. The maximum atomic E-state index is 15.2. The Kier molecular flexibility index (Phi) is 11.1. The molecule has 49 heavy (non-hydrogen) atoms. The number of Topliss-reactive ketones (excluding diaryl/α,β-unsaturated/α-hetero) is 1. The summed E-state index contributed by atoms with van der Waals surface area (Å²) in [6.45, 7) is 3.01. The molecule has 2 aromatic heterocycles. The van der Waals surface area contributed by atoms with Crippen molar-refractivity contribution in [3.63, 3.8) is 0 Å². The third-order valence-corrected chi connectivity index (χ3v) is 8.99. The van der Waals surface area contributed by atoms with Gasteiger partial charge in [-0.2, -0.15) is 9.35 Å². The first-order valence-corrected chi connectivity index (χ1v) is 16.8. The maximum absolute atomic E-state index is 15.2. The van der Waals surface area contributed by atoms with E-state index in [4.69, 9.17) is 38.4 Å². The van der Waals surface area contributed by atoms with Gasteiger partial charge in [0.05, 0.1) is 24.1 Å². The number of anilines is 2. The van der Waals surface area contributed by atoms with Crippen LogP contribution in [-0.4, -0.2) is 81.0 Å². The van der Waals surface area contributed by atoms with E-state index in [1.807, 2.05) is 0 Å². The normalized spacial score (nSPS) is 16.7. The fourth-order valence-corrected chi connectivity index (χ4v) is 6.24. The average Bonchev–Trinajstić information content (AvgIpc) is 3.50. The quantitative estimate of drug-likeness (QED) is 0.0390. The van der Waals surface area contributed by atoms with Crippen LogP contribution in [0.15, 0.2) is 29.6 Å². The molecule has 3 heterocycles. The van der Waals surface area contributed by atoms with Gasteiger partial charge in [0, 0.05) is 24.5 Å². The standard InChI is InChI=1S/C27H32ClFN8O10S2/c1-27(2)16(24(39)37(27)47-49(42,43)44)10-18(38)20(21-22(28)48-26(32)33-21)34-46-19(25(40)41)12-45-13-5-6-14(17(29)9-13)15-11-36(8-4-7-30)35(3)23(15)31/h5-6,9,11,16,19,31H,4,7-8,10,12,30H2,1-3H3,(H4,32,33,40,41,42,43,44)/b34-20+/t16?,19-/m0/s1. The third-order valence-electron chi connectivity index (χ3n) is 7.58. The summed E-state index contributed by atoms with van der Waals surface area (Å²) in [5.74, 6) is -5.14. The number of nitrogens with zero attached hydrogens (tertiary/aromatic N) is 5. The second kappa shape index (κ2) is 14.6. The molecule has 1 aliphatic rings. The minimum Gasteiger partial charge on any atom is -0.724 e. The maximum Gasteiger partial charge on any atom is 0.351 e. The van der Waals surface area contributed by atoms with Gasteiger partial charge in [0.25, 0.3) is 12.0 Å². The number of aliphatic carboxylic acids is 1. The fraction of sp³-hybridized carbons (Fsp3) is 0.407. The number of aromatic nitrogens is 3. The van der Waals surface area contributed by atoms with Crippen LogP contribution >= 0.6 is 22.9 Å². The minimum absolute atomic E-state index is 0.0604. The number of carboxylic acid groups (broad SMARTS) is 1. The molecule has 1 fully saturated rings. The SMILES string of the molecule is Cn1c(N)c(-c2ccc(OC[C@H](O/N=C(\C(=O)CC3C(=O)N(OS(=O)(=O)[O-])C3(C)C)c3nc(N)sc3Cl)C(=O)O)cc2F)c[n+]1CCCN. The van der Waals surface area contributed by atoms with Gasteiger partial charge >= 0.3 is 5.97 Å². The summed E-state index contributed by atoms with van der Waals surface area (Å²) in [5, 5.41) is 13.7. The first-order valence-electron chi connectivity index (χ1n) is 14.2. The van der Waals surface area contributed by atoms with Gasteiger partial charge in [-0.3, -0.25) is 9.59 Å². The van der Waals surface area contributed by atoms with Crippen molar-refractivity contribution in [1.82, 2.24) is 14.7 Å². The summed E-state index contributed by atoms with van der Waals surface area (Å²) in [4.78, 5) is 47.1. The van der Waals surface area contributed by atoms with Crippen LogP contribution in [0.2, 0.25) is 4.34 Å². The lowest BCUT2D eigenvalue weighted by molar-refractivity contribution is -0.772. The van der Waals surface area contributed by atoms with Crippen molar-refractivity contribution < 1.29 is 55.4 Å². The number of carbonyl (C=O) groups excluding carboxylic acids is 2. The molecule has 18 nitrogen and oxygen atoms in total. The first kappa shape index (κ1) is 37.4. The number of thiazole rings is 1. The lowest BCUT2D eigenvalue weighted by Crippen LogP contribution is -2.68. The highest BCUT2D eigenvalue weighted by atomic mass is 35.5. The van der Waals surface area contributed by atoms with E-state index in [0.717, 1.165) is 17.4 Å². The molecule has 4 rings (SSSR count). The molecule has 0 spiro atoms. The number of oxime groups is 1. The largest absolute Gasteiger partial charge is 0.724 e. The summed E-state index contributed by atoms with van der Waals surface area (Å²) >= 11 is 6.95. The molecule has 1 aliphatic heterocycles. The Morgan fingerprint density at radius 2 is 2.00 bits per heavy atom. The molecule has 1 amide bonds. The van der Waals surface area contributed by atoms with Gasteiger partial charge in [0.2, 0.25) is 16.6 Å². The number of ketones is 1. The lowest BCUT2D eigenvalue weighted by atomic mass is 9.74. The molecule has 1 aromatic carbocycles. The van der Waals surface area contributed by atoms with E-state index in [9.17, 15) is 32.5 Å². The number of aryl methyl sites for hydroxylation is 1. The summed E-state index contributed by atoms with van der Waals surface area (Å²) in [6, 6.07) is 3.83. The molecular weight excluding hydrogens is 715 g/mol. The molecule has 0 aliphatic carbocycles. The molecule has 0 bridgehead atoms. The number of ether oxygens (including phenoxy) is 1. The molecule has 22 heteroatoms. The molecular formula is C27H32ClFN8O10S2. The summed E-state index contributed by atoms with van der Waals surface area (Å²) in [7, 11) is -3.57. The van der Waals surface area contributed by atoms with Gasteiger partial charge in [0.1, 0.15) is 28.2 Å². The van der Waals surface area contributed by atoms with E-state index in [2.05, 4.69) is 14.4 Å². The van der Waals surface area contributed by atoms with E-state index in [1.54, 1.807) is 22.6 Å². The van der Waals surface area contributed by atoms with Crippen molar-refractivity contribution in [2.45, 2.75) is 44.9 Å². The Morgan fingerprint density at radius 3 is 2.55 bits per heavy atom. The van der Waals surface area contributed by atoms with Crippen molar-refractivity contribution in [3.05, 3.63) is 40.2 Å². The van der Waals surface area contributed by atoms with Gasteiger partial charge in [-0.05, 0) is 32.5 Å². The van der Waals surface area contributed by atoms with Crippen LogP contribution in [0.1, 0.15) is 32.4 Å². The highest BCUT2D eigenvalue weighted by Crippen LogP contribution is 2.41. The van der Waals surface area contributed by atoms with Crippen molar-refractivity contribution in [2.75, 3.05) is 24.6 Å². The number of hydrogen-bond donors (Lipinski definition) is 4. The molecule has 1 unspecified atom stereocenters. The molecule has 3 aromatic rings. The van der Waals surface area contributed by atoms with Crippen molar-refractivity contribution in [1.29, 1.82) is 0 Å². The van der Waals surface area contributed by atoms with Crippen molar-refractivity contribution in [3.8, 4) is 16.9 Å². The Hall–Kier alpha value is -4.41. The van der Waals surface area contributed by atoms with Crippen molar-refractivity contribution in [2.24, 2.45) is 23.9 Å². The fourth-order valence-electron chi connectivity index (χ4n) is 4.86. The van der Waals surface area contributed by atoms with Gasteiger partial charge in [-0.1, -0.05) is 28.1 Å². The molecule has 266 valence electrons. The number of benzene rings is 1. The van der Waals surface area contributed by atoms with Crippen LogP contribution in [-0.2, 0) is 47.5 Å². The van der Waals surface area contributed by atoms with E-state index >= 15 is 4.39 Å². The van der Waals surface area contributed by atoms with Gasteiger partial charge < -0.3 is 36.4 Å². The zero-order valence-corrected chi connectivity index (χ0v) is 28.6. The predicted molar refractivity (Wildman–Crippen MR) is 170 cm³/mol. The van der Waals surface area contributed by atoms with Crippen LogP contribution in [0.25, 0.3) is 11.1 Å². The topological polar surface area (TPSA) is 272 Å². The number of carboxylic acids is 1. The summed E-state index contributed by atoms with van der Waals surface area (Å²) in [5.41, 5.74) is 15.7.